The Hall–Kier alpha value is -1.67. The van der Waals surface area contributed by atoms with E-state index in [1.165, 1.54) is 36.3 Å². The predicted molar refractivity (Wildman–Crippen MR) is 71.3 cm³/mol. The maximum atomic E-state index is 12.6. The van der Waals surface area contributed by atoms with Gasteiger partial charge in [-0.3, -0.25) is 0 Å². The Balaban J connectivity index is 1.65. The number of hydrogen-bond donors (Lipinski definition) is 1. The molecular weight excluding hydrogens is 303 g/mol. The Morgan fingerprint density at radius 3 is 2.81 bits per heavy atom. The van der Waals surface area contributed by atoms with Gasteiger partial charge in [-0.05, 0) is 31.0 Å². The lowest BCUT2D eigenvalue weighted by molar-refractivity contribution is -0.137. The van der Waals surface area contributed by atoms with Crippen molar-refractivity contribution in [2.24, 2.45) is 0 Å². The molecule has 0 saturated heterocycles. The van der Waals surface area contributed by atoms with Gasteiger partial charge in [0, 0.05) is 6.04 Å². The van der Waals surface area contributed by atoms with Crippen LogP contribution in [0.3, 0.4) is 0 Å². The topological polar surface area (TPSA) is 47.0 Å². The van der Waals surface area contributed by atoms with E-state index in [1.54, 1.807) is 0 Å². The Bertz CT molecular complexity index is 625. The smallest absolute Gasteiger partial charge is 0.416 e. The third-order valence-electron chi connectivity index (χ3n) is 2.93. The maximum absolute atomic E-state index is 12.6. The molecule has 3 rings (SSSR count). The van der Waals surface area contributed by atoms with E-state index in [-0.39, 0.29) is 10.9 Å². The van der Waals surface area contributed by atoms with Crippen LogP contribution in [0.5, 0.6) is 10.9 Å². The molecule has 0 atom stereocenters. The highest BCUT2D eigenvalue weighted by Gasteiger charge is 2.30. The van der Waals surface area contributed by atoms with Crippen molar-refractivity contribution in [2.75, 3.05) is 0 Å². The molecule has 0 unspecified atom stereocenters. The molecule has 112 valence electrons. The summed E-state index contributed by atoms with van der Waals surface area (Å²) >= 11 is 1.22. The van der Waals surface area contributed by atoms with E-state index in [2.05, 4.69) is 15.5 Å². The molecule has 8 heteroatoms. The summed E-state index contributed by atoms with van der Waals surface area (Å²) in [5, 5.41) is 12.0. The highest BCUT2D eigenvalue weighted by molar-refractivity contribution is 7.13. The molecule has 4 nitrogen and oxygen atoms in total. The van der Waals surface area contributed by atoms with E-state index in [9.17, 15) is 13.2 Å². The summed E-state index contributed by atoms with van der Waals surface area (Å²) in [4.78, 5) is 0. The minimum atomic E-state index is -4.39. The zero-order valence-corrected chi connectivity index (χ0v) is 11.7. The number of rotatable bonds is 5. The van der Waals surface area contributed by atoms with Crippen LogP contribution in [0.1, 0.15) is 23.4 Å². The van der Waals surface area contributed by atoms with Crippen LogP contribution in [0.4, 0.5) is 13.2 Å². The Labute approximate surface area is 123 Å². The van der Waals surface area contributed by atoms with Gasteiger partial charge in [0.2, 0.25) is 0 Å². The fourth-order valence-corrected chi connectivity index (χ4v) is 2.36. The Kier molecular flexibility index (Phi) is 3.81. The summed E-state index contributed by atoms with van der Waals surface area (Å²) in [6.45, 7) is 0.605. The van der Waals surface area contributed by atoms with Crippen molar-refractivity contribution in [3.63, 3.8) is 0 Å². The average molecular weight is 315 g/mol. The highest BCUT2D eigenvalue weighted by Crippen LogP contribution is 2.33. The maximum Gasteiger partial charge on any atom is 0.416 e. The standard InChI is InChI=1S/C13H12F3N3OS/c14-13(15,16)8-2-1-3-10(6-8)20-12-19-18-11(21-12)7-17-9-4-5-9/h1-3,6,9,17H,4-5,7H2. The zero-order valence-electron chi connectivity index (χ0n) is 10.9. The van der Waals surface area contributed by atoms with Crippen molar-refractivity contribution in [1.29, 1.82) is 0 Å². The van der Waals surface area contributed by atoms with Crippen LogP contribution < -0.4 is 10.1 Å². The first-order valence-corrected chi connectivity index (χ1v) is 7.23. The van der Waals surface area contributed by atoms with Crippen LogP contribution in [0.25, 0.3) is 0 Å². The largest absolute Gasteiger partial charge is 0.430 e. The summed E-state index contributed by atoms with van der Waals surface area (Å²) in [5.74, 6) is 0.0997. The van der Waals surface area contributed by atoms with Crippen molar-refractivity contribution in [3.05, 3.63) is 34.8 Å². The SMILES string of the molecule is FC(F)(F)c1cccc(Oc2nnc(CNC3CC3)s2)c1. The van der Waals surface area contributed by atoms with E-state index in [0.29, 0.717) is 12.6 Å². The molecule has 1 aromatic heterocycles. The third kappa shape index (κ3) is 3.92. The fourth-order valence-electron chi connectivity index (χ4n) is 1.71. The van der Waals surface area contributed by atoms with E-state index in [1.807, 2.05) is 0 Å². The number of nitrogens with zero attached hydrogens (tertiary/aromatic N) is 2. The summed E-state index contributed by atoms with van der Waals surface area (Å²) < 4.78 is 43.1. The number of hydrogen-bond acceptors (Lipinski definition) is 5. The average Bonchev–Trinajstić information content (AvgIpc) is 3.16. The molecule has 1 heterocycles. The molecule has 1 N–H and O–H groups in total. The number of alkyl halides is 3. The minimum Gasteiger partial charge on any atom is -0.430 e. The normalized spacial score (nSPS) is 15.2. The van der Waals surface area contributed by atoms with Crippen LogP contribution in [0.15, 0.2) is 24.3 Å². The molecule has 1 saturated carbocycles. The molecule has 0 aliphatic heterocycles. The minimum absolute atomic E-state index is 0.0997. The lowest BCUT2D eigenvalue weighted by Crippen LogP contribution is -2.14. The van der Waals surface area contributed by atoms with Crippen LogP contribution in [0.2, 0.25) is 0 Å². The van der Waals surface area contributed by atoms with Crippen molar-refractivity contribution < 1.29 is 17.9 Å². The van der Waals surface area contributed by atoms with Crippen molar-refractivity contribution >= 4 is 11.3 Å². The summed E-state index contributed by atoms with van der Waals surface area (Å²) in [5.41, 5.74) is -0.750. The first kappa shape index (κ1) is 14.3. The number of halogens is 3. The number of aromatic nitrogens is 2. The zero-order chi connectivity index (χ0) is 14.9. The molecule has 1 fully saturated rings. The van der Waals surface area contributed by atoms with Crippen molar-refractivity contribution in [3.8, 4) is 10.9 Å². The fraction of sp³-hybridized carbons (Fsp3) is 0.385. The molecular formula is C13H12F3N3OS. The number of nitrogens with one attached hydrogen (secondary N) is 1. The molecule has 1 aromatic carbocycles. The van der Waals surface area contributed by atoms with Crippen LogP contribution in [-0.4, -0.2) is 16.2 Å². The summed E-state index contributed by atoms with van der Waals surface area (Å²) in [6, 6.07) is 5.26. The molecule has 1 aliphatic carbocycles. The van der Waals surface area contributed by atoms with Gasteiger partial charge in [0.05, 0.1) is 12.1 Å². The quantitative estimate of drug-likeness (QED) is 0.916. The van der Waals surface area contributed by atoms with Crippen LogP contribution in [0, 0.1) is 0 Å². The van der Waals surface area contributed by atoms with Gasteiger partial charge in [0.1, 0.15) is 10.8 Å². The molecule has 0 bridgehead atoms. The monoisotopic (exact) mass is 315 g/mol. The molecule has 1 aliphatic rings. The number of benzene rings is 1. The van der Waals surface area contributed by atoms with Gasteiger partial charge in [-0.25, -0.2) is 0 Å². The molecule has 2 aromatic rings. The second kappa shape index (κ2) is 5.61. The number of ether oxygens (including phenoxy) is 1. The Morgan fingerprint density at radius 2 is 2.10 bits per heavy atom. The van der Waals surface area contributed by atoms with Gasteiger partial charge < -0.3 is 10.1 Å². The lowest BCUT2D eigenvalue weighted by Gasteiger charge is -2.07. The van der Waals surface area contributed by atoms with E-state index >= 15 is 0 Å². The first-order valence-electron chi connectivity index (χ1n) is 6.41. The van der Waals surface area contributed by atoms with Gasteiger partial charge in [0.15, 0.2) is 0 Å². The van der Waals surface area contributed by atoms with E-state index < -0.39 is 11.7 Å². The Morgan fingerprint density at radius 1 is 1.29 bits per heavy atom. The third-order valence-corrected chi connectivity index (χ3v) is 3.74. The van der Waals surface area contributed by atoms with Crippen LogP contribution >= 0.6 is 11.3 Å². The van der Waals surface area contributed by atoms with Gasteiger partial charge >= 0.3 is 6.18 Å². The second-order valence-corrected chi connectivity index (χ2v) is 5.77. The van der Waals surface area contributed by atoms with E-state index in [4.69, 9.17) is 4.74 Å². The van der Waals surface area contributed by atoms with Crippen LogP contribution in [-0.2, 0) is 12.7 Å². The lowest BCUT2D eigenvalue weighted by atomic mass is 10.2. The van der Waals surface area contributed by atoms with E-state index in [0.717, 1.165) is 17.1 Å². The predicted octanol–water partition coefficient (Wildman–Crippen LogP) is 3.60. The second-order valence-electron chi connectivity index (χ2n) is 4.74. The summed E-state index contributed by atoms with van der Waals surface area (Å²) in [6.07, 6.45) is -2.04. The highest BCUT2D eigenvalue weighted by atomic mass is 32.1. The molecule has 0 spiro atoms. The first-order chi connectivity index (χ1) is 10.0. The molecule has 21 heavy (non-hydrogen) atoms. The molecule has 0 amide bonds. The van der Waals surface area contributed by atoms with Gasteiger partial charge in [-0.1, -0.05) is 22.5 Å². The van der Waals surface area contributed by atoms with Crippen molar-refractivity contribution in [2.45, 2.75) is 31.6 Å². The van der Waals surface area contributed by atoms with Gasteiger partial charge in [-0.2, -0.15) is 13.2 Å². The molecule has 0 radical (unpaired) electrons. The van der Waals surface area contributed by atoms with Gasteiger partial charge in [-0.15, -0.1) is 5.10 Å². The van der Waals surface area contributed by atoms with Crippen molar-refractivity contribution in [1.82, 2.24) is 15.5 Å². The summed E-state index contributed by atoms with van der Waals surface area (Å²) in [7, 11) is 0. The van der Waals surface area contributed by atoms with Gasteiger partial charge in [0.25, 0.3) is 5.19 Å².